The molecular weight excluding hydrogens is 242 g/mol. The highest BCUT2D eigenvalue weighted by molar-refractivity contribution is 6.29. The molecule has 92 valence electrons. The maximum Gasteiger partial charge on any atom is 0.308 e. The fourth-order valence-electron chi connectivity index (χ4n) is 2.07. The molecule has 1 saturated heterocycles. The molecule has 0 bridgehead atoms. The van der Waals surface area contributed by atoms with Crippen LogP contribution in [-0.2, 0) is 4.79 Å². The lowest BCUT2D eigenvalue weighted by Gasteiger charge is -2.31. The van der Waals surface area contributed by atoms with Crippen LogP contribution in [0.1, 0.15) is 18.7 Å². The van der Waals surface area contributed by atoms with Crippen molar-refractivity contribution in [2.24, 2.45) is 5.92 Å². The minimum Gasteiger partial charge on any atom is -0.481 e. The first-order valence-electron chi connectivity index (χ1n) is 5.55. The summed E-state index contributed by atoms with van der Waals surface area (Å²) in [6.07, 6.45) is 1.58. The van der Waals surface area contributed by atoms with Crippen LogP contribution in [0.25, 0.3) is 0 Å². The van der Waals surface area contributed by atoms with Crippen molar-refractivity contribution in [2.45, 2.75) is 19.8 Å². The molecule has 2 heterocycles. The number of halogens is 1. The second-order valence-electron chi connectivity index (χ2n) is 4.22. The molecular formula is C11H14ClN3O2. The molecule has 1 N–H and O–H groups in total. The van der Waals surface area contributed by atoms with Gasteiger partial charge in [-0.3, -0.25) is 4.79 Å². The van der Waals surface area contributed by atoms with Crippen molar-refractivity contribution >= 4 is 23.4 Å². The molecule has 1 unspecified atom stereocenters. The third kappa shape index (κ3) is 2.85. The number of carboxylic acid groups (broad SMARTS) is 1. The first-order valence-corrected chi connectivity index (χ1v) is 5.93. The van der Waals surface area contributed by atoms with Crippen LogP contribution >= 0.6 is 11.6 Å². The molecule has 5 nitrogen and oxygen atoms in total. The van der Waals surface area contributed by atoms with Gasteiger partial charge in [0.2, 0.25) is 0 Å². The number of carbonyl (C=O) groups is 1. The van der Waals surface area contributed by atoms with Gasteiger partial charge >= 0.3 is 5.97 Å². The van der Waals surface area contributed by atoms with E-state index in [4.69, 9.17) is 16.7 Å². The Morgan fingerprint density at radius 1 is 1.59 bits per heavy atom. The molecule has 0 radical (unpaired) electrons. The van der Waals surface area contributed by atoms with Crippen LogP contribution in [0, 0.1) is 12.8 Å². The van der Waals surface area contributed by atoms with Crippen molar-refractivity contribution in [2.75, 3.05) is 18.0 Å². The number of aliphatic carboxylic acids is 1. The zero-order chi connectivity index (χ0) is 12.4. The third-order valence-corrected chi connectivity index (χ3v) is 3.08. The molecule has 0 aliphatic carbocycles. The Kier molecular flexibility index (Phi) is 3.47. The standard InChI is InChI=1S/C11H14ClN3O2/c1-7-13-9(12)5-10(14-7)15-4-2-3-8(6-15)11(16)17/h5,8H,2-4,6H2,1H3,(H,16,17). The minimum absolute atomic E-state index is 0.321. The molecule has 1 aliphatic heterocycles. The number of aromatic nitrogens is 2. The number of hydrogen-bond acceptors (Lipinski definition) is 4. The number of anilines is 1. The molecule has 1 aromatic rings. The van der Waals surface area contributed by atoms with E-state index in [2.05, 4.69) is 9.97 Å². The summed E-state index contributed by atoms with van der Waals surface area (Å²) in [6, 6.07) is 1.68. The van der Waals surface area contributed by atoms with Gasteiger partial charge in [-0.05, 0) is 19.8 Å². The number of piperidine rings is 1. The highest BCUT2D eigenvalue weighted by Crippen LogP contribution is 2.23. The van der Waals surface area contributed by atoms with E-state index in [1.807, 2.05) is 4.90 Å². The smallest absolute Gasteiger partial charge is 0.308 e. The van der Waals surface area contributed by atoms with Gasteiger partial charge in [-0.15, -0.1) is 0 Å². The van der Waals surface area contributed by atoms with Crippen molar-refractivity contribution < 1.29 is 9.90 Å². The maximum absolute atomic E-state index is 11.0. The highest BCUT2D eigenvalue weighted by atomic mass is 35.5. The lowest BCUT2D eigenvalue weighted by Crippen LogP contribution is -2.39. The largest absolute Gasteiger partial charge is 0.481 e. The zero-order valence-electron chi connectivity index (χ0n) is 9.56. The van der Waals surface area contributed by atoms with Gasteiger partial charge in [0.05, 0.1) is 5.92 Å². The number of carboxylic acids is 1. The zero-order valence-corrected chi connectivity index (χ0v) is 10.3. The van der Waals surface area contributed by atoms with Gasteiger partial charge in [-0.1, -0.05) is 11.6 Å². The SMILES string of the molecule is Cc1nc(Cl)cc(N2CCCC(C(=O)O)C2)n1. The lowest BCUT2D eigenvalue weighted by molar-refractivity contribution is -0.141. The predicted molar refractivity (Wildman–Crippen MR) is 64.4 cm³/mol. The molecule has 17 heavy (non-hydrogen) atoms. The van der Waals surface area contributed by atoms with Crippen molar-refractivity contribution in [3.63, 3.8) is 0 Å². The molecule has 1 atom stereocenters. The van der Waals surface area contributed by atoms with Gasteiger partial charge in [-0.25, -0.2) is 9.97 Å². The Balaban J connectivity index is 2.18. The molecule has 1 aliphatic rings. The normalized spacial score (nSPS) is 20.4. The fourth-order valence-corrected chi connectivity index (χ4v) is 2.29. The van der Waals surface area contributed by atoms with Crippen molar-refractivity contribution in [3.05, 3.63) is 17.0 Å². The second-order valence-corrected chi connectivity index (χ2v) is 4.61. The van der Waals surface area contributed by atoms with Crippen LogP contribution in [0.15, 0.2) is 6.07 Å². The fraction of sp³-hybridized carbons (Fsp3) is 0.545. The first-order chi connectivity index (χ1) is 8.06. The van der Waals surface area contributed by atoms with Gasteiger partial charge < -0.3 is 10.0 Å². The molecule has 0 aromatic carbocycles. The molecule has 0 amide bonds. The first kappa shape index (κ1) is 12.1. The summed E-state index contributed by atoms with van der Waals surface area (Å²) in [7, 11) is 0. The lowest BCUT2D eigenvalue weighted by atomic mass is 9.98. The summed E-state index contributed by atoms with van der Waals surface area (Å²) in [5.74, 6) is 0.253. The second kappa shape index (κ2) is 4.87. The molecule has 1 aromatic heterocycles. The molecule has 0 saturated carbocycles. The van der Waals surface area contributed by atoms with E-state index < -0.39 is 5.97 Å². The number of nitrogens with zero attached hydrogens (tertiary/aromatic N) is 3. The van der Waals surface area contributed by atoms with Crippen molar-refractivity contribution in [1.82, 2.24) is 9.97 Å². The van der Waals surface area contributed by atoms with E-state index in [1.54, 1.807) is 13.0 Å². The third-order valence-electron chi connectivity index (χ3n) is 2.89. The van der Waals surface area contributed by atoms with Gasteiger partial charge in [0, 0.05) is 19.2 Å². The maximum atomic E-state index is 11.0. The topological polar surface area (TPSA) is 66.3 Å². The molecule has 2 rings (SSSR count). The van der Waals surface area contributed by atoms with Gasteiger partial charge in [0.1, 0.15) is 16.8 Å². The Labute approximate surface area is 104 Å². The number of rotatable bonds is 2. The average molecular weight is 256 g/mol. The van der Waals surface area contributed by atoms with E-state index in [-0.39, 0.29) is 5.92 Å². The van der Waals surface area contributed by atoms with E-state index in [0.29, 0.717) is 23.3 Å². The van der Waals surface area contributed by atoms with E-state index >= 15 is 0 Å². The molecule has 6 heteroatoms. The van der Waals surface area contributed by atoms with Crippen molar-refractivity contribution in [1.29, 1.82) is 0 Å². The Bertz CT molecular complexity index is 418. The summed E-state index contributed by atoms with van der Waals surface area (Å²) >= 11 is 5.87. The summed E-state index contributed by atoms with van der Waals surface area (Å²) < 4.78 is 0. The summed E-state index contributed by atoms with van der Waals surface area (Å²) in [6.45, 7) is 3.08. The van der Waals surface area contributed by atoms with Crippen LogP contribution in [-0.4, -0.2) is 34.1 Å². The summed E-state index contributed by atoms with van der Waals surface area (Å²) in [5, 5.41) is 9.42. The monoisotopic (exact) mass is 255 g/mol. The minimum atomic E-state index is -0.744. The quantitative estimate of drug-likeness (QED) is 0.816. The summed E-state index contributed by atoms with van der Waals surface area (Å²) in [4.78, 5) is 21.2. The Morgan fingerprint density at radius 3 is 3.00 bits per heavy atom. The average Bonchev–Trinajstić information content (AvgIpc) is 2.28. The van der Waals surface area contributed by atoms with Gasteiger partial charge in [-0.2, -0.15) is 0 Å². The van der Waals surface area contributed by atoms with Crippen LogP contribution < -0.4 is 4.90 Å². The highest BCUT2D eigenvalue weighted by Gasteiger charge is 2.26. The van der Waals surface area contributed by atoms with Crippen LogP contribution in [0.4, 0.5) is 5.82 Å². The Morgan fingerprint density at radius 2 is 2.35 bits per heavy atom. The van der Waals surface area contributed by atoms with Crippen LogP contribution in [0.2, 0.25) is 5.15 Å². The van der Waals surface area contributed by atoms with Gasteiger partial charge in [0.15, 0.2) is 0 Å². The van der Waals surface area contributed by atoms with Crippen LogP contribution in [0.5, 0.6) is 0 Å². The Hall–Kier alpha value is -1.36. The summed E-state index contributed by atoms with van der Waals surface area (Å²) in [5.41, 5.74) is 0. The molecule has 1 fully saturated rings. The number of aryl methyl sites for hydroxylation is 1. The van der Waals surface area contributed by atoms with Crippen LogP contribution in [0.3, 0.4) is 0 Å². The van der Waals surface area contributed by atoms with E-state index in [0.717, 1.165) is 19.4 Å². The van der Waals surface area contributed by atoms with E-state index in [1.165, 1.54) is 0 Å². The van der Waals surface area contributed by atoms with Crippen molar-refractivity contribution in [3.8, 4) is 0 Å². The molecule has 0 spiro atoms. The number of hydrogen-bond donors (Lipinski definition) is 1. The van der Waals surface area contributed by atoms with Gasteiger partial charge in [0.25, 0.3) is 0 Å². The predicted octanol–water partition coefficient (Wildman–Crippen LogP) is 1.74. The van der Waals surface area contributed by atoms with E-state index in [9.17, 15) is 4.79 Å².